The van der Waals surface area contributed by atoms with Crippen molar-refractivity contribution in [2.75, 3.05) is 13.7 Å². The predicted molar refractivity (Wildman–Crippen MR) is 75.5 cm³/mol. The minimum Gasteiger partial charge on any atom is -0.468 e. The second-order valence-corrected chi connectivity index (χ2v) is 5.83. The van der Waals surface area contributed by atoms with Crippen molar-refractivity contribution in [1.29, 1.82) is 0 Å². The van der Waals surface area contributed by atoms with Crippen molar-refractivity contribution in [3.05, 3.63) is 35.4 Å². The Labute approximate surface area is 123 Å². The van der Waals surface area contributed by atoms with Crippen LogP contribution in [0.25, 0.3) is 0 Å². The van der Waals surface area contributed by atoms with Crippen LogP contribution in [-0.2, 0) is 19.1 Å². The molecule has 0 amide bonds. The fourth-order valence-electron chi connectivity index (χ4n) is 3.39. The highest BCUT2D eigenvalue weighted by Gasteiger charge is 2.58. The molecule has 21 heavy (non-hydrogen) atoms. The summed E-state index contributed by atoms with van der Waals surface area (Å²) in [5.74, 6) is -0.546. The minimum atomic E-state index is -0.659. The lowest BCUT2D eigenvalue weighted by molar-refractivity contribution is -0.147. The molecule has 1 aromatic rings. The Morgan fingerprint density at radius 2 is 2.10 bits per heavy atom. The van der Waals surface area contributed by atoms with Crippen LogP contribution < -0.4 is 5.32 Å². The molecule has 0 aliphatic carbocycles. The lowest BCUT2D eigenvalue weighted by Gasteiger charge is -2.26. The van der Waals surface area contributed by atoms with Gasteiger partial charge in [-0.15, -0.1) is 0 Å². The van der Waals surface area contributed by atoms with Crippen LogP contribution in [-0.4, -0.2) is 31.7 Å². The summed E-state index contributed by atoms with van der Waals surface area (Å²) >= 11 is 0. The SMILES string of the molecule is COC(=O)[C@H]1C[C@@]2(CCOC2=O)[C@@H](c2ccc(C)cc2)N1. The van der Waals surface area contributed by atoms with Gasteiger partial charge in [0.1, 0.15) is 6.04 Å². The van der Waals surface area contributed by atoms with Gasteiger partial charge >= 0.3 is 11.9 Å². The molecule has 112 valence electrons. The number of hydrogen-bond acceptors (Lipinski definition) is 5. The Morgan fingerprint density at radius 3 is 2.67 bits per heavy atom. The number of benzene rings is 1. The van der Waals surface area contributed by atoms with Gasteiger partial charge in [0.05, 0.1) is 19.1 Å². The molecule has 0 radical (unpaired) electrons. The first kappa shape index (κ1) is 14.1. The zero-order valence-corrected chi connectivity index (χ0v) is 12.2. The van der Waals surface area contributed by atoms with Gasteiger partial charge in [0.25, 0.3) is 0 Å². The molecule has 2 aliphatic rings. The zero-order chi connectivity index (χ0) is 15.0. The number of carbonyl (C=O) groups is 2. The van der Waals surface area contributed by atoms with E-state index in [1.54, 1.807) is 0 Å². The highest BCUT2D eigenvalue weighted by atomic mass is 16.5. The first-order valence-corrected chi connectivity index (χ1v) is 7.14. The topological polar surface area (TPSA) is 64.6 Å². The predicted octanol–water partition coefficient (Wildman–Crippen LogP) is 1.50. The molecule has 1 spiro atoms. The van der Waals surface area contributed by atoms with E-state index >= 15 is 0 Å². The maximum Gasteiger partial charge on any atom is 0.322 e. The van der Waals surface area contributed by atoms with Gasteiger partial charge in [-0.1, -0.05) is 29.8 Å². The first-order valence-electron chi connectivity index (χ1n) is 7.14. The van der Waals surface area contributed by atoms with E-state index in [1.165, 1.54) is 7.11 Å². The van der Waals surface area contributed by atoms with E-state index in [0.29, 0.717) is 19.4 Å². The molecule has 1 aromatic carbocycles. The number of cyclic esters (lactones) is 1. The normalized spacial score (nSPS) is 31.4. The van der Waals surface area contributed by atoms with Gasteiger partial charge in [-0.3, -0.25) is 14.9 Å². The summed E-state index contributed by atoms with van der Waals surface area (Å²) in [5, 5.41) is 3.27. The summed E-state index contributed by atoms with van der Waals surface area (Å²) in [4.78, 5) is 24.1. The summed E-state index contributed by atoms with van der Waals surface area (Å²) in [5.41, 5.74) is 1.50. The van der Waals surface area contributed by atoms with Gasteiger partial charge in [0.2, 0.25) is 0 Å². The van der Waals surface area contributed by atoms with Crippen LogP contribution in [0.4, 0.5) is 0 Å². The van der Waals surface area contributed by atoms with E-state index in [1.807, 2.05) is 31.2 Å². The average Bonchev–Trinajstić information content (AvgIpc) is 3.05. The maximum atomic E-state index is 12.3. The molecule has 0 unspecified atom stereocenters. The third kappa shape index (κ3) is 2.21. The number of methoxy groups -OCH3 is 1. The van der Waals surface area contributed by atoms with E-state index < -0.39 is 11.5 Å². The Bertz CT molecular complexity index is 568. The van der Waals surface area contributed by atoms with Crippen LogP contribution >= 0.6 is 0 Å². The van der Waals surface area contributed by atoms with E-state index in [4.69, 9.17) is 9.47 Å². The molecule has 2 heterocycles. The largest absolute Gasteiger partial charge is 0.468 e. The van der Waals surface area contributed by atoms with Gasteiger partial charge in [0, 0.05) is 6.04 Å². The molecule has 5 heteroatoms. The Hall–Kier alpha value is -1.88. The molecular weight excluding hydrogens is 270 g/mol. The summed E-state index contributed by atoms with van der Waals surface area (Å²) in [6.45, 7) is 2.43. The molecule has 2 aliphatic heterocycles. The van der Waals surface area contributed by atoms with E-state index in [-0.39, 0.29) is 18.0 Å². The fourth-order valence-corrected chi connectivity index (χ4v) is 3.39. The standard InChI is InChI=1S/C16H19NO4/c1-10-3-5-11(6-4-10)13-16(7-8-21-15(16)19)9-12(17-13)14(18)20-2/h3-6,12-13,17H,7-9H2,1-2H3/t12-,13-,16+/m1/s1. The summed E-state index contributed by atoms with van der Waals surface area (Å²) in [6, 6.07) is 7.34. The van der Waals surface area contributed by atoms with E-state index in [9.17, 15) is 9.59 Å². The highest BCUT2D eigenvalue weighted by Crippen LogP contribution is 2.50. The smallest absolute Gasteiger partial charge is 0.322 e. The van der Waals surface area contributed by atoms with Crippen molar-refractivity contribution >= 4 is 11.9 Å². The van der Waals surface area contributed by atoms with Crippen LogP contribution in [0.5, 0.6) is 0 Å². The van der Waals surface area contributed by atoms with Gasteiger partial charge in [-0.2, -0.15) is 0 Å². The number of ether oxygens (including phenoxy) is 2. The van der Waals surface area contributed by atoms with Crippen LogP contribution in [0.3, 0.4) is 0 Å². The molecule has 0 saturated carbocycles. The van der Waals surface area contributed by atoms with E-state index in [2.05, 4.69) is 5.32 Å². The number of nitrogens with one attached hydrogen (secondary N) is 1. The molecule has 1 N–H and O–H groups in total. The molecule has 2 fully saturated rings. The van der Waals surface area contributed by atoms with Crippen LogP contribution in [0.2, 0.25) is 0 Å². The highest BCUT2D eigenvalue weighted by molar-refractivity contribution is 5.84. The molecule has 2 saturated heterocycles. The van der Waals surface area contributed by atoms with E-state index in [0.717, 1.165) is 11.1 Å². The number of aryl methyl sites for hydroxylation is 1. The Morgan fingerprint density at radius 1 is 1.38 bits per heavy atom. The third-order valence-electron chi connectivity index (χ3n) is 4.57. The zero-order valence-electron chi connectivity index (χ0n) is 12.2. The van der Waals surface area contributed by atoms with Crippen molar-refractivity contribution in [2.24, 2.45) is 5.41 Å². The van der Waals surface area contributed by atoms with Gasteiger partial charge in [-0.25, -0.2) is 0 Å². The second-order valence-electron chi connectivity index (χ2n) is 5.83. The van der Waals surface area contributed by atoms with Crippen molar-refractivity contribution in [1.82, 2.24) is 5.32 Å². The minimum absolute atomic E-state index is 0.211. The fraction of sp³-hybridized carbons (Fsp3) is 0.500. The quantitative estimate of drug-likeness (QED) is 0.836. The van der Waals surface area contributed by atoms with Crippen molar-refractivity contribution in [3.8, 4) is 0 Å². The molecular formula is C16H19NO4. The average molecular weight is 289 g/mol. The van der Waals surface area contributed by atoms with Gasteiger partial charge in [-0.05, 0) is 25.3 Å². The van der Waals surface area contributed by atoms with Crippen molar-refractivity contribution in [2.45, 2.75) is 31.8 Å². The monoisotopic (exact) mass is 289 g/mol. The second kappa shape index (κ2) is 5.15. The third-order valence-corrected chi connectivity index (χ3v) is 4.57. The number of carbonyl (C=O) groups excluding carboxylic acids is 2. The molecule has 3 rings (SSSR count). The van der Waals surface area contributed by atoms with Crippen LogP contribution in [0, 0.1) is 12.3 Å². The number of esters is 2. The van der Waals surface area contributed by atoms with Crippen LogP contribution in [0.1, 0.15) is 30.0 Å². The van der Waals surface area contributed by atoms with Crippen molar-refractivity contribution < 1.29 is 19.1 Å². The summed E-state index contributed by atoms with van der Waals surface area (Å²) < 4.78 is 10.0. The maximum absolute atomic E-state index is 12.3. The Kier molecular flexibility index (Phi) is 3.45. The van der Waals surface area contributed by atoms with Gasteiger partial charge < -0.3 is 9.47 Å². The molecule has 5 nitrogen and oxygen atoms in total. The molecule has 0 aromatic heterocycles. The number of rotatable bonds is 2. The first-order chi connectivity index (χ1) is 10.1. The lowest BCUT2D eigenvalue weighted by atomic mass is 9.75. The Balaban J connectivity index is 1.97. The summed E-state index contributed by atoms with van der Waals surface area (Å²) in [7, 11) is 1.36. The van der Waals surface area contributed by atoms with Crippen LogP contribution in [0.15, 0.2) is 24.3 Å². The molecule has 0 bridgehead atoms. The number of hydrogen-bond donors (Lipinski definition) is 1. The summed E-state index contributed by atoms with van der Waals surface area (Å²) in [6.07, 6.45) is 1.06. The van der Waals surface area contributed by atoms with Crippen molar-refractivity contribution in [3.63, 3.8) is 0 Å². The lowest BCUT2D eigenvalue weighted by Crippen LogP contribution is -2.34. The van der Waals surface area contributed by atoms with Gasteiger partial charge in [0.15, 0.2) is 0 Å². The molecule has 3 atom stereocenters.